The van der Waals surface area contributed by atoms with Crippen molar-refractivity contribution >= 4 is 55.8 Å². The smallest absolute Gasteiger partial charge is 0.213 e. The molecular formula is C20H16BrClN4O2S. The first-order valence-corrected chi connectivity index (χ1v) is 9.71. The van der Waals surface area contributed by atoms with Gasteiger partial charge in [0.2, 0.25) is 4.96 Å². The molecule has 3 heterocycles. The number of methoxy groups -OCH3 is 2. The lowest BCUT2D eigenvalue weighted by atomic mass is 10.1. The molecule has 0 unspecified atom stereocenters. The van der Waals surface area contributed by atoms with Crippen LogP contribution in [-0.2, 0) is 0 Å². The summed E-state index contributed by atoms with van der Waals surface area (Å²) in [5, 5.41) is 7.33. The highest BCUT2D eigenvalue weighted by molar-refractivity contribution is 8.93. The van der Waals surface area contributed by atoms with Crippen LogP contribution >= 0.6 is 39.9 Å². The Kier molecular flexibility index (Phi) is 5.24. The van der Waals surface area contributed by atoms with Crippen LogP contribution in [0.5, 0.6) is 11.5 Å². The van der Waals surface area contributed by atoms with Gasteiger partial charge in [-0.25, -0.2) is 9.50 Å². The molecule has 0 spiro atoms. The Morgan fingerprint density at radius 1 is 1.07 bits per heavy atom. The van der Waals surface area contributed by atoms with Crippen LogP contribution in [0.2, 0.25) is 5.02 Å². The predicted molar refractivity (Wildman–Crippen MR) is 122 cm³/mol. The second-order valence-electron chi connectivity index (χ2n) is 6.22. The zero-order chi connectivity index (χ0) is 19.3. The number of hydrogen-bond donors (Lipinski definition) is 1. The van der Waals surface area contributed by atoms with Crippen LogP contribution in [0, 0.1) is 0 Å². The van der Waals surface area contributed by atoms with Gasteiger partial charge in [-0.15, -0.1) is 17.0 Å². The zero-order valence-electron chi connectivity index (χ0n) is 15.5. The zero-order valence-corrected chi connectivity index (χ0v) is 18.8. The molecule has 0 aliphatic carbocycles. The maximum absolute atomic E-state index is 6.16. The average molecular weight is 492 g/mol. The van der Waals surface area contributed by atoms with E-state index in [1.807, 2.05) is 48.8 Å². The predicted octanol–water partition coefficient (Wildman–Crippen LogP) is 5.85. The van der Waals surface area contributed by atoms with Crippen LogP contribution in [0.15, 0.2) is 48.8 Å². The fourth-order valence-electron chi connectivity index (χ4n) is 3.22. The standard InChI is InChI=1S/C20H15ClN4O2S.BrH/c1-26-12-4-6-18(27-2)14(8-12)17-10-25-20(23-17)28-19(24-25)15-9-22-16-5-3-11(21)7-13(15)16;/h3-10,22H,1-2H3;1H. The number of ether oxygens (including phenoxy) is 2. The van der Waals surface area contributed by atoms with E-state index in [-0.39, 0.29) is 17.0 Å². The molecule has 3 aromatic heterocycles. The molecule has 148 valence electrons. The summed E-state index contributed by atoms with van der Waals surface area (Å²) in [6.07, 6.45) is 3.85. The van der Waals surface area contributed by atoms with E-state index in [0.717, 1.165) is 49.2 Å². The van der Waals surface area contributed by atoms with E-state index in [1.54, 1.807) is 18.7 Å². The van der Waals surface area contributed by atoms with E-state index in [4.69, 9.17) is 31.2 Å². The van der Waals surface area contributed by atoms with Crippen LogP contribution < -0.4 is 9.47 Å². The molecule has 0 fully saturated rings. The summed E-state index contributed by atoms with van der Waals surface area (Å²) in [5.74, 6) is 1.48. The van der Waals surface area contributed by atoms with E-state index in [2.05, 4.69) is 4.98 Å². The van der Waals surface area contributed by atoms with Crippen LogP contribution in [-0.4, -0.2) is 33.8 Å². The Balaban J connectivity index is 0.00000205. The highest BCUT2D eigenvalue weighted by Gasteiger charge is 2.16. The molecule has 0 radical (unpaired) electrons. The first-order chi connectivity index (χ1) is 13.7. The van der Waals surface area contributed by atoms with Crippen molar-refractivity contribution in [3.63, 3.8) is 0 Å². The van der Waals surface area contributed by atoms with E-state index in [9.17, 15) is 0 Å². The molecule has 29 heavy (non-hydrogen) atoms. The Morgan fingerprint density at radius 2 is 1.93 bits per heavy atom. The molecule has 0 aliphatic rings. The third kappa shape index (κ3) is 3.37. The van der Waals surface area contributed by atoms with Gasteiger partial charge in [-0.3, -0.25) is 0 Å². The van der Waals surface area contributed by atoms with Crippen molar-refractivity contribution in [1.82, 2.24) is 19.6 Å². The Morgan fingerprint density at radius 3 is 2.69 bits per heavy atom. The number of halogens is 2. The number of H-pyrrole nitrogens is 1. The summed E-state index contributed by atoms with van der Waals surface area (Å²) in [5.41, 5.74) is 3.67. The minimum atomic E-state index is 0. The van der Waals surface area contributed by atoms with Crippen molar-refractivity contribution in [3.05, 3.63) is 53.8 Å². The molecule has 2 aromatic carbocycles. The van der Waals surface area contributed by atoms with Crippen LogP contribution in [0.4, 0.5) is 0 Å². The van der Waals surface area contributed by atoms with Crippen LogP contribution in [0.1, 0.15) is 0 Å². The molecule has 0 saturated heterocycles. The summed E-state index contributed by atoms with van der Waals surface area (Å²) in [7, 11) is 3.28. The Hall–Kier alpha value is -2.55. The van der Waals surface area contributed by atoms with E-state index in [0.29, 0.717) is 5.02 Å². The van der Waals surface area contributed by atoms with Crippen LogP contribution in [0.25, 0.3) is 37.7 Å². The number of imidazole rings is 1. The molecule has 0 bridgehead atoms. The maximum Gasteiger partial charge on any atom is 0.213 e. The molecule has 0 saturated carbocycles. The number of fused-ring (bicyclic) bond motifs is 2. The fraction of sp³-hybridized carbons (Fsp3) is 0.100. The van der Waals surface area contributed by atoms with Gasteiger partial charge in [-0.05, 0) is 36.4 Å². The first kappa shape index (κ1) is 19.8. The summed E-state index contributed by atoms with van der Waals surface area (Å²) in [6.45, 7) is 0. The summed E-state index contributed by atoms with van der Waals surface area (Å²) >= 11 is 7.68. The Labute approximate surface area is 185 Å². The molecule has 0 atom stereocenters. The third-order valence-electron chi connectivity index (χ3n) is 4.60. The molecule has 9 heteroatoms. The van der Waals surface area contributed by atoms with Crippen molar-refractivity contribution in [2.45, 2.75) is 0 Å². The highest BCUT2D eigenvalue weighted by Crippen LogP contribution is 2.36. The number of aromatic nitrogens is 4. The molecular weight excluding hydrogens is 476 g/mol. The number of aromatic amines is 1. The summed E-state index contributed by atoms with van der Waals surface area (Å²) in [6, 6.07) is 11.4. The fourth-order valence-corrected chi connectivity index (χ4v) is 4.31. The van der Waals surface area contributed by atoms with Crippen molar-refractivity contribution in [2.75, 3.05) is 14.2 Å². The average Bonchev–Trinajstić information content (AvgIpc) is 3.39. The molecule has 0 amide bonds. The normalized spacial score (nSPS) is 11.0. The lowest BCUT2D eigenvalue weighted by molar-refractivity contribution is 0.404. The number of hydrogen-bond acceptors (Lipinski definition) is 5. The van der Waals surface area contributed by atoms with Gasteiger partial charge in [0, 0.05) is 33.2 Å². The number of nitrogens with one attached hydrogen (secondary N) is 1. The van der Waals surface area contributed by atoms with Crippen molar-refractivity contribution in [2.24, 2.45) is 0 Å². The van der Waals surface area contributed by atoms with Gasteiger partial charge < -0.3 is 14.5 Å². The first-order valence-electron chi connectivity index (χ1n) is 8.52. The van der Waals surface area contributed by atoms with Gasteiger partial charge in [0.05, 0.1) is 26.1 Å². The largest absolute Gasteiger partial charge is 0.497 e. The Bertz CT molecular complexity index is 1300. The minimum Gasteiger partial charge on any atom is -0.497 e. The van der Waals surface area contributed by atoms with Gasteiger partial charge in [0.25, 0.3) is 0 Å². The highest BCUT2D eigenvalue weighted by atomic mass is 79.9. The minimum absolute atomic E-state index is 0. The molecule has 0 aliphatic heterocycles. The molecule has 1 N–H and O–H groups in total. The van der Waals surface area contributed by atoms with Crippen molar-refractivity contribution in [3.8, 4) is 33.3 Å². The van der Waals surface area contributed by atoms with Crippen molar-refractivity contribution in [1.29, 1.82) is 0 Å². The molecule has 6 nitrogen and oxygen atoms in total. The second-order valence-corrected chi connectivity index (χ2v) is 7.61. The van der Waals surface area contributed by atoms with E-state index >= 15 is 0 Å². The summed E-state index contributed by atoms with van der Waals surface area (Å²) < 4.78 is 12.6. The monoisotopic (exact) mass is 490 g/mol. The van der Waals surface area contributed by atoms with Gasteiger partial charge in [-0.1, -0.05) is 22.9 Å². The van der Waals surface area contributed by atoms with Crippen molar-refractivity contribution < 1.29 is 9.47 Å². The number of benzene rings is 2. The third-order valence-corrected chi connectivity index (χ3v) is 5.79. The lowest BCUT2D eigenvalue weighted by Crippen LogP contribution is -1.90. The SMILES string of the molecule is Br.COc1ccc(OC)c(-c2cn3nc(-c4c[nH]c5ccc(Cl)cc45)sc3n2)c1. The van der Waals surface area contributed by atoms with Gasteiger partial charge in [0.15, 0.2) is 0 Å². The van der Waals surface area contributed by atoms with Gasteiger partial charge in [0.1, 0.15) is 16.5 Å². The number of nitrogens with zero attached hydrogens (tertiary/aromatic N) is 3. The van der Waals surface area contributed by atoms with E-state index in [1.165, 1.54) is 11.3 Å². The number of rotatable bonds is 4. The van der Waals surface area contributed by atoms with E-state index < -0.39 is 0 Å². The second kappa shape index (κ2) is 7.70. The van der Waals surface area contributed by atoms with Crippen LogP contribution in [0.3, 0.4) is 0 Å². The lowest BCUT2D eigenvalue weighted by Gasteiger charge is -2.08. The summed E-state index contributed by atoms with van der Waals surface area (Å²) in [4.78, 5) is 8.80. The van der Waals surface area contributed by atoms with Gasteiger partial charge >= 0.3 is 0 Å². The molecule has 5 rings (SSSR count). The topological polar surface area (TPSA) is 64.4 Å². The molecule has 5 aromatic rings. The quantitative estimate of drug-likeness (QED) is 0.342. The maximum atomic E-state index is 6.16. The van der Waals surface area contributed by atoms with Gasteiger partial charge in [-0.2, -0.15) is 5.10 Å².